The summed E-state index contributed by atoms with van der Waals surface area (Å²) in [5.41, 5.74) is 3.27. The number of nitrogens with one attached hydrogen (secondary N) is 3. The number of nitrogens with zero attached hydrogens (tertiary/aromatic N) is 2. The van der Waals surface area contributed by atoms with Crippen molar-refractivity contribution in [3.05, 3.63) is 125 Å². The summed E-state index contributed by atoms with van der Waals surface area (Å²) in [7, 11) is 0. The Kier molecular flexibility index (Phi) is 9.73. The van der Waals surface area contributed by atoms with Crippen LogP contribution in [-0.2, 0) is 9.59 Å². The lowest BCUT2D eigenvalue weighted by Gasteiger charge is -2.30. The Balaban J connectivity index is 1.29. The molecule has 0 bridgehead atoms. The normalized spacial score (nSPS) is 19.0. The van der Waals surface area contributed by atoms with Gasteiger partial charge in [-0.3, -0.25) is 14.9 Å². The molecule has 2 aliphatic rings. The van der Waals surface area contributed by atoms with Crippen molar-refractivity contribution in [1.29, 1.82) is 0 Å². The zero-order chi connectivity index (χ0) is 28.4. The van der Waals surface area contributed by atoms with Crippen LogP contribution in [0.15, 0.2) is 103 Å². The largest absolute Gasteiger partial charge is 0.373 e. The van der Waals surface area contributed by atoms with E-state index in [2.05, 4.69) is 45.1 Å². The van der Waals surface area contributed by atoms with E-state index < -0.39 is 6.04 Å². The molecule has 1 saturated heterocycles. The molecule has 0 aromatic heterocycles. The van der Waals surface area contributed by atoms with Crippen molar-refractivity contribution >= 4 is 29.5 Å². The number of hydrogen-bond donors (Lipinski definition) is 3. The number of rotatable bonds is 10. The highest BCUT2D eigenvalue weighted by Gasteiger charge is 2.33. The lowest BCUT2D eigenvalue weighted by atomic mass is 9.90. The molecule has 0 saturated carbocycles. The van der Waals surface area contributed by atoms with Crippen LogP contribution in [0.3, 0.4) is 0 Å². The summed E-state index contributed by atoms with van der Waals surface area (Å²) >= 11 is 5.95. The van der Waals surface area contributed by atoms with Crippen LogP contribution in [0.25, 0.3) is 6.08 Å². The molecule has 8 heteroatoms. The summed E-state index contributed by atoms with van der Waals surface area (Å²) < 4.78 is 0. The van der Waals surface area contributed by atoms with Gasteiger partial charge in [-0.25, -0.2) is 0 Å². The highest BCUT2D eigenvalue weighted by Crippen LogP contribution is 2.27. The van der Waals surface area contributed by atoms with Crippen molar-refractivity contribution in [2.24, 2.45) is 0 Å². The summed E-state index contributed by atoms with van der Waals surface area (Å²) in [5.74, 6) is -0.0335. The first-order valence-electron chi connectivity index (χ1n) is 14.1. The van der Waals surface area contributed by atoms with Gasteiger partial charge in [-0.1, -0.05) is 84.4 Å². The number of benzene rings is 3. The van der Waals surface area contributed by atoms with Gasteiger partial charge in [0.2, 0.25) is 11.8 Å². The van der Waals surface area contributed by atoms with Crippen molar-refractivity contribution in [3.63, 3.8) is 0 Å². The monoisotopic (exact) mass is 569 g/mol. The Hall–Kier alpha value is -4.07. The Morgan fingerprint density at radius 2 is 1.68 bits per heavy atom. The second-order valence-corrected chi connectivity index (χ2v) is 10.9. The van der Waals surface area contributed by atoms with Gasteiger partial charge in [-0.05, 0) is 41.3 Å². The summed E-state index contributed by atoms with van der Waals surface area (Å²) in [6, 6.07) is 27.6. The Bertz CT molecular complexity index is 1310. The van der Waals surface area contributed by atoms with Crippen LogP contribution >= 0.6 is 11.6 Å². The maximum Gasteiger partial charge on any atom is 0.244 e. The molecule has 2 atom stereocenters. The number of carbonyl (C=O) groups is 2. The molecule has 1 fully saturated rings. The first kappa shape index (κ1) is 28.5. The van der Waals surface area contributed by atoms with Crippen molar-refractivity contribution in [3.8, 4) is 0 Å². The van der Waals surface area contributed by atoms with Crippen LogP contribution < -0.4 is 16.0 Å². The van der Waals surface area contributed by atoms with E-state index in [1.165, 1.54) is 17.2 Å². The highest BCUT2D eigenvalue weighted by atomic mass is 35.5. The van der Waals surface area contributed by atoms with Gasteiger partial charge in [-0.2, -0.15) is 0 Å². The molecule has 0 radical (unpaired) electrons. The molecule has 7 nitrogen and oxygen atoms in total. The maximum atomic E-state index is 14.0. The van der Waals surface area contributed by atoms with E-state index in [1.807, 2.05) is 65.8 Å². The number of amides is 2. The van der Waals surface area contributed by atoms with Gasteiger partial charge < -0.3 is 20.4 Å². The Morgan fingerprint density at radius 1 is 1.00 bits per heavy atom. The van der Waals surface area contributed by atoms with Crippen LogP contribution in [0.5, 0.6) is 0 Å². The van der Waals surface area contributed by atoms with Crippen LogP contribution in [0, 0.1) is 0 Å². The molecular formula is C33H36ClN5O2. The average Bonchev–Trinajstić information content (AvgIpc) is 3.47. The molecule has 5 rings (SSSR count). The van der Waals surface area contributed by atoms with Crippen molar-refractivity contribution in [1.82, 2.24) is 25.8 Å². The Labute approximate surface area is 246 Å². The molecule has 2 heterocycles. The third-order valence-electron chi connectivity index (χ3n) is 7.54. The molecule has 3 N–H and O–H groups in total. The standard InChI is InChI=1S/C33H36ClN5O2/c34-28-14-11-25(12-15-28)13-16-32(40)36-21-29-17-19-39(33(41)31(37-29)23-38-20-18-35-24-38)22-30(26-7-3-1-4-8-26)27-9-5-2-6-10-27/h1-16,18,20,29-31,35,37H,17,19,21-24H2,(H,36,40)/b16-13+/t29-,31-/m1/s1. The molecule has 0 unspecified atom stereocenters. The Morgan fingerprint density at radius 3 is 2.32 bits per heavy atom. The van der Waals surface area contributed by atoms with Gasteiger partial charge in [0.05, 0.1) is 6.67 Å². The molecule has 3 aromatic rings. The minimum Gasteiger partial charge on any atom is -0.373 e. The summed E-state index contributed by atoms with van der Waals surface area (Å²) in [5, 5.41) is 10.4. The molecule has 0 spiro atoms. The lowest BCUT2D eigenvalue weighted by Crippen LogP contribution is -2.53. The van der Waals surface area contributed by atoms with Crippen LogP contribution in [-0.4, -0.2) is 66.5 Å². The maximum absolute atomic E-state index is 14.0. The van der Waals surface area contributed by atoms with Gasteiger partial charge in [0.1, 0.15) is 6.04 Å². The predicted octanol–water partition coefficient (Wildman–Crippen LogP) is 4.19. The number of halogens is 1. The fourth-order valence-electron chi connectivity index (χ4n) is 5.32. The topological polar surface area (TPSA) is 76.7 Å². The van der Waals surface area contributed by atoms with E-state index in [1.54, 1.807) is 18.2 Å². The molecule has 2 amide bonds. The van der Waals surface area contributed by atoms with Gasteiger partial charge in [0.25, 0.3) is 0 Å². The van der Waals surface area contributed by atoms with E-state index >= 15 is 0 Å². The first-order chi connectivity index (χ1) is 20.0. The molecule has 212 valence electrons. The van der Waals surface area contributed by atoms with Crippen LogP contribution in [0.1, 0.15) is 29.0 Å². The van der Waals surface area contributed by atoms with Gasteiger partial charge in [0.15, 0.2) is 0 Å². The molecule has 3 aromatic carbocycles. The smallest absolute Gasteiger partial charge is 0.244 e. The number of hydrogen-bond acceptors (Lipinski definition) is 5. The van der Waals surface area contributed by atoms with E-state index in [4.69, 9.17) is 11.6 Å². The van der Waals surface area contributed by atoms with Crippen LogP contribution in [0.4, 0.5) is 0 Å². The summed E-state index contributed by atoms with van der Waals surface area (Å²) in [6.07, 6.45) is 7.89. The molecular weight excluding hydrogens is 534 g/mol. The number of carbonyl (C=O) groups excluding carboxylic acids is 2. The highest BCUT2D eigenvalue weighted by molar-refractivity contribution is 6.30. The third-order valence-corrected chi connectivity index (χ3v) is 7.79. The summed E-state index contributed by atoms with van der Waals surface area (Å²) in [6.45, 7) is 2.83. The SMILES string of the molecule is O=C(/C=C/c1ccc(Cl)cc1)NC[C@H]1CCN(CC(c2ccccc2)c2ccccc2)C(=O)[C@@H](CN2C=CNC2)N1. The van der Waals surface area contributed by atoms with Crippen molar-refractivity contribution in [2.45, 2.75) is 24.4 Å². The molecule has 0 aliphatic carbocycles. The minimum absolute atomic E-state index is 0.0479. The average molecular weight is 570 g/mol. The lowest BCUT2D eigenvalue weighted by molar-refractivity contribution is -0.133. The summed E-state index contributed by atoms with van der Waals surface area (Å²) in [4.78, 5) is 30.7. The van der Waals surface area contributed by atoms with Gasteiger partial charge in [0, 0.05) is 61.6 Å². The van der Waals surface area contributed by atoms with E-state index in [-0.39, 0.29) is 23.8 Å². The zero-order valence-electron chi connectivity index (χ0n) is 23.0. The third kappa shape index (κ3) is 7.99. The fourth-order valence-corrected chi connectivity index (χ4v) is 5.44. The van der Waals surface area contributed by atoms with Crippen molar-refractivity contribution in [2.75, 3.05) is 32.8 Å². The van der Waals surface area contributed by atoms with E-state index in [9.17, 15) is 9.59 Å². The zero-order valence-corrected chi connectivity index (χ0v) is 23.7. The second kappa shape index (κ2) is 14.0. The van der Waals surface area contributed by atoms with Gasteiger partial charge >= 0.3 is 0 Å². The van der Waals surface area contributed by atoms with Crippen LogP contribution in [0.2, 0.25) is 5.02 Å². The predicted molar refractivity (Wildman–Crippen MR) is 164 cm³/mol. The van der Waals surface area contributed by atoms with Gasteiger partial charge in [-0.15, -0.1) is 0 Å². The fraction of sp³-hybridized carbons (Fsp3) is 0.273. The minimum atomic E-state index is -0.402. The first-order valence-corrected chi connectivity index (χ1v) is 14.4. The van der Waals surface area contributed by atoms with Crippen molar-refractivity contribution < 1.29 is 9.59 Å². The quantitative estimate of drug-likeness (QED) is 0.319. The molecule has 41 heavy (non-hydrogen) atoms. The second-order valence-electron chi connectivity index (χ2n) is 10.4. The van der Waals surface area contributed by atoms with E-state index in [0.717, 1.165) is 12.0 Å². The van der Waals surface area contributed by atoms with E-state index in [0.29, 0.717) is 37.9 Å². The molecule has 2 aliphatic heterocycles.